The lowest BCUT2D eigenvalue weighted by Gasteiger charge is -2.20. The smallest absolute Gasteiger partial charge is 0.151 e. The first kappa shape index (κ1) is 13.0. The minimum Gasteiger partial charge on any atom is -0.399 e. The summed E-state index contributed by atoms with van der Waals surface area (Å²) in [5.74, 6) is 2.41. The minimum atomic E-state index is -0.539. The Morgan fingerprint density at radius 1 is 1.05 bits per heavy atom. The number of hydrogen-bond donors (Lipinski definition) is 1. The van der Waals surface area contributed by atoms with Gasteiger partial charge in [-0.3, -0.25) is 0 Å². The average molecular weight is 284 g/mol. The third-order valence-electron chi connectivity index (χ3n) is 4.20. The molecule has 2 nitrogen and oxygen atoms in total. The molecule has 19 heavy (non-hydrogen) atoms. The number of anilines is 2. The van der Waals surface area contributed by atoms with Crippen LogP contribution in [0.4, 0.5) is 20.2 Å². The second-order valence-electron chi connectivity index (χ2n) is 5.45. The molecule has 1 aromatic rings. The summed E-state index contributed by atoms with van der Waals surface area (Å²) in [5.41, 5.74) is 5.71. The van der Waals surface area contributed by atoms with Gasteiger partial charge in [-0.15, -0.1) is 0 Å². The molecule has 0 radical (unpaired) electrons. The fraction of sp³-hybridized carbons (Fsp3) is 0.571. The second kappa shape index (κ2) is 5.19. The Kier molecular flexibility index (Phi) is 3.56. The minimum absolute atomic E-state index is 0.106. The van der Waals surface area contributed by atoms with Crippen LogP contribution in [0.2, 0.25) is 0 Å². The van der Waals surface area contributed by atoms with Crippen LogP contribution in [0.25, 0.3) is 0 Å². The van der Waals surface area contributed by atoms with Crippen molar-refractivity contribution < 1.29 is 8.78 Å². The molecule has 2 atom stereocenters. The Balaban J connectivity index is 1.85. The number of thioether (sulfide) groups is 1. The molecular formula is C14H18F2N2S. The molecule has 2 unspecified atom stereocenters. The Morgan fingerprint density at radius 2 is 1.58 bits per heavy atom. The van der Waals surface area contributed by atoms with E-state index in [1.807, 2.05) is 16.7 Å². The number of halogens is 2. The van der Waals surface area contributed by atoms with Crippen molar-refractivity contribution >= 4 is 23.1 Å². The Hall–Kier alpha value is -0.970. The summed E-state index contributed by atoms with van der Waals surface area (Å²) >= 11 is 1.99. The third kappa shape index (κ3) is 2.53. The molecule has 3 rings (SSSR count). The highest BCUT2D eigenvalue weighted by Crippen LogP contribution is 2.38. The highest BCUT2D eigenvalue weighted by atomic mass is 32.2. The summed E-state index contributed by atoms with van der Waals surface area (Å²) in [5, 5.41) is 0. The van der Waals surface area contributed by atoms with Crippen LogP contribution < -0.4 is 10.6 Å². The van der Waals surface area contributed by atoms with E-state index in [9.17, 15) is 8.78 Å². The normalized spacial score (nSPS) is 27.2. The predicted molar refractivity (Wildman–Crippen MR) is 76.5 cm³/mol. The second-order valence-corrected chi connectivity index (χ2v) is 6.67. The number of nitrogens with zero attached hydrogens (tertiary/aromatic N) is 1. The van der Waals surface area contributed by atoms with E-state index in [-0.39, 0.29) is 11.4 Å². The maximum Gasteiger partial charge on any atom is 0.151 e. The SMILES string of the molecule is Nc1cc(F)c(N2CC3CCSCCC3C2)c(F)c1. The summed E-state index contributed by atoms with van der Waals surface area (Å²) in [6.07, 6.45) is 2.31. The number of fused-ring (bicyclic) bond motifs is 1. The predicted octanol–water partition coefficient (Wildman–Crippen LogP) is 3.13. The number of rotatable bonds is 1. The van der Waals surface area contributed by atoms with Crippen molar-refractivity contribution in [1.29, 1.82) is 0 Å². The highest BCUT2D eigenvalue weighted by Gasteiger charge is 2.35. The first-order chi connectivity index (χ1) is 9.15. The monoisotopic (exact) mass is 284 g/mol. The number of nitrogens with two attached hydrogens (primary N) is 1. The van der Waals surface area contributed by atoms with Crippen LogP contribution in [-0.2, 0) is 0 Å². The van der Waals surface area contributed by atoms with Gasteiger partial charge in [0.15, 0.2) is 11.6 Å². The maximum atomic E-state index is 14.0. The molecule has 2 aliphatic rings. The van der Waals surface area contributed by atoms with Crippen LogP contribution in [0.15, 0.2) is 12.1 Å². The average Bonchev–Trinajstić information content (AvgIpc) is 2.58. The molecule has 0 aliphatic carbocycles. The van der Waals surface area contributed by atoms with Crippen molar-refractivity contribution in [3.05, 3.63) is 23.8 Å². The summed E-state index contributed by atoms with van der Waals surface area (Å²) in [4.78, 5) is 1.87. The van der Waals surface area contributed by atoms with E-state index < -0.39 is 11.6 Å². The van der Waals surface area contributed by atoms with E-state index in [0.717, 1.165) is 25.9 Å². The van der Waals surface area contributed by atoms with Gasteiger partial charge in [-0.1, -0.05) is 0 Å². The lowest BCUT2D eigenvalue weighted by molar-refractivity contribution is 0.409. The Bertz CT molecular complexity index is 444. The van der Waals surface area contributed by atoms with Crippen LogP contribution in [0.1, 0.15) is 12.8 Å². The van der Waals surface area contributed by atoms with E-state index in [0.29, 0.717) is 11.8 Å². The van der Waals surface area contributed by atoms with Gasteiger partial charge in [-0.05, 0) is 48.3 Å². The van der Waals surface area contributed by atoms with Crippen LogP contribution in [0, 0.1) is 23.5 Å². The van der Waals surface area contributed by atoms with Crippen LogP contribution >= 0.6 is 11.8 Å². The van der Waals surface area contributed by atoms with Gasteiger partial charge in [-0.25, -0.2) is 8.78 Å². The largest absolute Gasteiger partial charge is 0.399 e. The molecule has 2 heterocycles. The molecule has 104 valence electrons. The van der Waals surface area contributed by atoms with Crippen LogP contribution in [0.3, 0.4) is 0 Å². The number of hydrogen-bond acceptors (Lipinski definition) is 3. The fourth-order valence-corrected chi connectivity index (χ4v) is 4.38. The van der Waals surface area contributed by atoms with Crippen LogP contribution in [0.5, 0.6) is 0 Å². The zero-order chi connectivity index (χ0) is 13.4. The third-order valence-corrected chi connectivity index (χ3v) is 5.25. The lowest BCUT2D eigenvalue weighted by atomic mass is 9.92. The van der Waals surface area contributed by atoms with E-state index >= 15 is 0 Å². The van der Waals surface area contributed by atoms with Gasteiger partial charge in [0.2, 0.25) is 0 Å². The van der Waals surface area contributed by atoms with Gasteiger partial charge in [0.05, 0.1) is 0 Å². The fourth-order valence-electron chi connectivity index (χ4n) is 3.23. The first-order valence-corrected chi connectivity index (χ1v) is 7.88. The molecule has 2 saturated heterocycles. The topological polar surface area (TPSA) is 29.3 Å². The molecule has 0 bridgehead atoms. The molecule has 1 aromatic carbocycles. The molecule has 2 N–H and O–H groups in total. The first-order valence-electron chi connectivity index (χ1n) is 6.72. The van der Waals surface area contributed by atoms with E-state index in [4.69, 9.17) is 5.73 Å². The Labute approximate surface area is 116 Å². The zero-order valence-electron chi connectivity index (χ0n) is 10.7. The Morgan fingerprint density at radius 3 is 2.11 bits per heavy atom. The number of nitrogen functional groups attached to an aromatic ring is 1. The van der Waals surface area contributed by atoms with Crippen molar-refractivity contribution in [2.24, 2.45) is 11.8 Å². The van der Waals surface area contributed by atoms with Gasteiger partial charge >= 0.3 is 0 Å². The van der Waals surface area contributed by atoms with Crippen molar-refractivity contribution in [3.8, 4) is 0 Å². The van der Waals surface area contributed by atoms with E-state index in [1.54, 1.807) is 0 Å². The molecular weight excluding hydrogens is 266 g/mol. The number of benzene rings is 1. The van der Waals surface area contributed by atoms with Gasteiger partial charge in [-0.2, -0.15) is 11.8 Å². The van der Waals surface area contributed by atoms with E-state index in [1.165, 1.54) is 23.6 Å². The zero-order valence-corrected chi connectivity index (χ0v) is 11.6. The summed E-state index contributed by atoms with van der Waals surface area (Å²) in [7, 11) is 0. The molecule has 0 aromatic heterocycles. The highest BCUT2D eigenvalue weighted by molar-refractivity contribution is 7.99. The molecule has 0 spiro atoms. The summed E-state index contributed by atoms with van der Waals surface area (Å²) in [6, 6.07) is 2.42. The molecule has 0 amide bonds. The standard InChI is InChI=1S/C14H18F2N2S/c15-12-5-11(17)6-13(16)14(12)18-7-9-1-3-19-4-2-10(9)8-18/h5-6,9-10H,1-4,7-8,17H2. The van der Waals surface area contributed by atoms with Crippen molar-refractivity contribution in [2.75, 3.05) is 35.2 Å². The van der Waals surface area contributed by atoms with Crippen molar-refractivity contribution in [2.45, 2.75) is 12.8 Å². The van der Waals surface area contributed by atoms with Crippen molar-refractivity contribution in [3.63, 3.8) is 0 Å². The maximum absolute atomic E-state index is 14.0. The van der Waals surface area contributed by atoms with Crippen molar-refractivity contribution in [1.82, 2.24) is 0 Å². The molecule has 5 heteroatoms. The van der Waals surface area contributed by atoms with Gasteiger partial charge < -0.3 is 10.6 Å². The van der Waals surface area contributed by atoms with Crippen LogP contribution in [-0.4, -0.2) is 24.6 Å². The van der Waals surface area contributed by atoms with Gasteiger partial charge in [0.25, 0.3) is 0 Å². The summed E-state index contributed by atoms with van der Waals surface area (Å²) in [6.45, 7) is 1.53. The quantitative estimate of drug-likeness (QED) is 0.803. The molecule has 0 saturated carbocycles. The molecule has 2 aliphatic heterocycles. The van der Waals surface area contributed by atoms with Gasteiger partial charge in [0.1, 0.15) is 5.69 Å². The van der Waals surface area contributed by atoms with E-state index in [2.05, 4.69) is 0 Å². The molecule has 2 fully saturated rings. The summed E-state index contributed by atoms with van der Waals surface area (Å²) < 4.78 is 27.9. The lowest BCUT2D eigenvalue weighted by Crippen LogP contribution is -2.23. The van der Waals surface area contributed by atoms with Gasteiger partial charge in [0, 0.05) is 18.8 Å².